The zero-order chi connectivity index (χ0) is 15.6. The fraction of sp³-hybridized carbons (Fsp3) is 0.231. The lowest BCUT2D eigenvalue weighted by atomic mass is 10.2. The molecule has 0 aliphatic heterocycles. The van der Waals surface area contributed by atoms with Crippen molar-refractivity contribution in [3.63, 3.8) is 0 Å². The Hall–Kier alpha value is -2.35. The maximum atomic E-state index is 12.4. The summed E-state index contributed by atoms with van der Waals surface area (Å²) < 4.78 is 27.2. The Bertz CT molecular complexity index is 761. The zero-order valence-electron chi connectivity index (χ0n) is 11.9. The van der Waals surface area contributed by atoms with E-state index in [-0.39, 0.29) is 10.8 Å². The third-order valence-corrected chi connectivity index (χ3v) is 4.58. The normalized spacial score (nSPS) is 11.2. The van der Waals surface area contributed by atoms with Crippen molar-refractivity contribution in [3.05, 3.63) is 41.2 Å². The number of aromatic amines is 1. The van der Waals surface area contributed by atoms with Gasteiger partial charge in [-0.3, -0.25) is 14.6 Å². The first-order valence-electron chi connectivity index (χ1n) is 6.21. The van der Waals surface area contributed by atoms with Crippen LogP contribution in [0.15, 0.2) is 29.2 Å². The number of nitrogens with zero attached hydrogens (tertiary/aromatic N) is 1. The molecule has 0 saturated heterocycles. The highest BCUT2D eigenvalue weighted by Crippen LogP contribution is 2.21. The van der Waals surface area contributed by atoms with Crippen molar-refractivity contribution >= 4 is 21.6 Å². The van der Waals surface area contributed by atoms with Crippen LogP contribution in [0.1, 0.15) is 21.7 Å². The summed E-state index contributed by atoms with van der Waals surface area (Å²) in [7, 11) is -2.24. The first-order chi connectivity index (χ1) is 9.85. The van der Waals surface area contributed by atoms with E-state index in [9.17, 15) is 13.2 Å². The summed E-state index contributed by atoms with van der Waals surface area (Å²) in [6.07, 6.45) is 0. The third-order valence-electron chi connectivity index (χ3n) is 2.93. The van der Waals surface area contributed by atoms with E-state index in [4.69, 9.17) is 0 Å². The molecule has 3 N–H and O–H groups in total. The number of carbonyl (C=O) groups is 1. The van der Waals surface area contributed by atoms with Gasteiger partial charge in [-0.2, -0.15) is 5.10 Å². The molecular weight excluding hydrogens is 292 g/mol. The Morgan fingerprint density at radius 3 is 2.57 bits per heavy atom. The molecule has 0 fully saturated rings. The highest BCUT2D eigenvalue weighted by Gasteiger charge is 2.22. The molecule has 1 amide bonds. The smallest absolute Gasteiger partial charge is 0.265 e. The number of aryl methyl sites for hydroxylation is 2. The third kappa shape index (κ3) is 3.05. The molecule has 0 bridgehead atoms. The molecule has 0 aliphatic rings. The Morgan fingerprint density at radius 2 is 2.00 bits per heavy atom. The monoisotopic (exact) mass is 308 g/mol. The molecule has 21 heavy (non-hydrogen) atoms. The van der Waals surface area contributed by atoms with Gasteiger partial charge in [0.2, 0.25) is 0 Å². The van der Waals surface area contributed by atoms with E-state index in [0.717, 1.165) is 0 Å². The Balaban J connectivity index is 2.36. The molecule has 0 spiro atoms. The standard InChI is InChI=1S/C13H16N4O3S/c1-8-12(9(2)16-15-8)21(19,20)17-11-6-4-5-10(7-11)13(18)14-3/h4-7,17H,1-3H3,(H,14,18)(H,15,16). The van der Waals surface area contributed by atoms with Gasteiger partial charge in [0.1, 0.15) is 4.90 Å². The number of aromatic nitrogens is 2. The highest BCUT2D eigenvalue weighted by atomic mass is 32.2. The topological polar surface area (TPSA) is 104 Å². The van der Waals surface area contributed by atoms with E-state index in [1.54, 1.807) is 32.0 Å². The number of rotatable bonds is 4. The highest BCUT2D eigenvalue weighted by molar-refractivity contribution is 7.92. The largest absolute Gasteiger partial charge is 0.355 e. The summed E-state index contributed by atoms with van der Waals surface area (Å²) in [4.78, 5) is 11.7. The average Bonchev–Trinajstić information content (AvgIpc) is 2.77. The second kappa shape index (κ2) is 5.57. The van der Waals surface area contributed by atoms with E-state index in [2.05, 4.69) is 20.2 Å². The minimum absolute atomic E-state index is 0.118. The van der Waals surface area contributed by atoms with Crippen LogP contribution >= 0.6 is 0 Å². The summed E-state index contributed by atoms with van der Waals surface area (Å²) in [5, 5.41) is 9.00. The van der Waals surface area contributed by atoms with Crippen LogP contribution in [0.4, 0.5) is 5.69 Å². The molecule has 1 aromatic heterocycles. The van der Waals surface area contributed by atoms with E-state index < -0.39 is 10.0 Å². The van der Waals surface area contributed by atoms with Crippen molar-refractivity contribution in [2.45, 2.75) is 18.7 Å². The van der Waals surface area contributed by atoms with Crippen LogP contribution in [0, 0.1) is 13.8 Å². The minimum Gasteiger partial charge on any atom is -0.355 e. The van der Waals surface area contributed by atoms with Gasteiger partial charge in [0.05, 0.1) is 11.4 Å². The van der Waals surface area contributed by atoms with E-state index in [1.165, 1.54) is 13.1 Å². The second-order valence-corrected chi connectivity index (χ2v) is 6.15. The summed E-state index contributed by atoms with van der Waals surface area (Å²) in [6, 6.07) is 6.26. The van der Waals surface area contributed by atoms with Crippen LogP contribution < -0.4 is 10.0 Å². The number of hydrogen-bond donors (Lipinski definition) is 3. The van der Waals surface area contributed by atoms with Crippen molar-refractivity contribution < 1.29 is 13.2 Å². The SMILES string of the molecule is CNC(=O)c1cccc(NS(=O)(=O)c2c(C)n[nH]c2C)c1. The van der Waals surface area contributed by atoms with Crippen molar-refractivity contribution in [1.82, 2.24) is 15.5 Å². The van der Waals surface area contributed by atoms with Gasteiger partial charge in [0.25, 0.3) is 15.9 Å². The Labute approximate surface area is 122 Å². The van der Waals surface area contributed by atoms with Gasteiger partial charge < -0.3 is 5.32 Å². The van der Waals surface area contributed by atoms with Crippen molar-refractivity contribution in [1.29, 1.82) is 0 Å². The zero-order valence-corrected chi connectivity index (χ0v) is 12.7. The van der Waals surface area contributed by atoms with Crippen LogP contribution in [0.2, 0.25) is 0 Å². The quantitative estimate of drug-likeness (QED) is 0.789. The first-order valence-corrected chi connectivity index (χ1v) is 7.70. The summed E-state index contributed by atoms with van der Waals surface area (Å²) in [5.74, 6) is -0.285. The Morgan fingerprint density at radius 1 is 1.29 bits per heavy atom. The number of hydrogen-bond acceptors (Lipinski definition) is 4. The maximum Gasteiger partial charge on any atom is 0.265 e. The lowest BCUT2D eigenvalue weighted by molar-refractivity contribution is 0.0963. The lowest BCUT2D eigenvalue weighted by Crippen LogP contribution is -2.19. The van der Waals surface area contributed by atoms with E-state index >= 15 is 0 Å². The Kier molecular flexibility index (Phi) is 3.99. The number of carbonyl (C=O) groups excluding carboxylic acids is 1. The van der Waals surface area contributed by atoms with Crippen LogP contribution in [-0.2, 0) is 10.0 Å². The van der Waals surface area contributed by atoms with Crippen LogP contribution in [0.5, 0.6) is 0 Å². The molecular formula is C13H16N4O3S. The molecule has 0 unspecified atom stereocenters. The predicted molar refractivity (Wildman–Crippen MR) is 78.7 cm³/mol. The molecule has 7 nitrogen and oxygen atoms in total. The first kappa shape index (κ1) is 15.0. The summed E-state index contributed by atoms with van der Waals surface area (Å²) >= 11 is 0. The molecule has 1 aromatic carbocycles. The molecule has 2 rings (SSSR count). The number of anilines is 1. The molecule has 0 aliphatic carbocycles. The second-order valence-electron chi connectivity index (χ2n) is 4.53. The molecule has 8 heteroatoms. The summed E-state index contributed by atoms with van der Waals surface area (Å²) in [5.41, 5.74) is 1.54. The fourth-order valence-corrected chi connectivity index (χ4v) is 3.43. The predicted octanol–water partition coefficient (Wildman–Crippen LogP) is 1.19. The molecule has 2 aromatic rings. The fourth-order valence-electron chi connectivity index (χ4n) is 2.01. The van der Waals surface area contributed by atoms with Crippen molar-refractivity contribution in [2.75, 3.05) is 11.8 Å². The van der Waals surface area contributed by atoms with Crippen LogP contribution in [-0.4, -0.2) is 31.6 Å². The lowest BCUT2D eigenvalue weighted by Gasteiger charge is -2.09. The van der Waals surface area contributed by atoms with Gasteiger partial charge in [0.15, 0.2) is 0 Å². The van der Waals surface area contributed by atoms with Gasteiger partial charge in [-0.15, -0.1) is 0 Å². The minimum atomic E-state index is -3.76. The molecule has 0 saturated carbocycles. The number of H-pyrrole nitrogens is 1. The van der Waals surface area contributed by atoms with Crippen LogP contribution in [0.25, 0.3) is 0 Å². The van der Waals surface area contributed by atoms with Gasteiger partial charge in [-0.1, -0.05) is 6.07 Å². The van der Waals surface area contributed by atoms with Crippen molar-refractivity contribution in [3.8, 4) is 0 Å². The molecule has 0 atom stereocenters. The molecule has 1 heterocycles. The number of benzene rings is 1. The van der Waals surface area contributed by atoms with E-state index in [0.29, 0.717) is 22.6 Å². The van der Waals surface area contributed by atoms with Gasteiger partial charge in [-0.05, 0) is 32.0 Å². The average molecular weight is 308 g/mol. The van der Waals surface area contributed by atoms with Gasteiger partial charge in [0, 0.05) is 18.3 Å². The van der Waals surface area contributed by atoms with Gasteiger partial charge >= 0.3 is 0 Å². The number of amides is 1. The van der Waals surface area contributed by atoms with Crippen molar-refractivity contribution in [2.24, 2.45) is 0 Å². The summed E-state index contributed by atoms with van der Waals surface area (Å²) in [6.45, 7) is 3.24. The molecule has 112 valence electrons. The number of sulfonamides is 1. The molecule has 0 radical (unpaired) electrons. The number of nitrogens with one attached hydrogen (secondary N) is 3. The maximum absolute atomic E-state index is 12.4. The van der Waals surface area contributed by atoms with Gasteiger partial charge in [-0.25, -0.2) is 8.42 Å². The van der Waals surface area contributed by atoms with Crippen LogP contribution in [0.3, 0.4) is 0 Å². The van der Waals surface area contributed by atoms with E-state index in [1.807, 2.05) is 0 Å².